The van der Waals surface area contributed by atoms with Gasteiger partial charge in [-0.05, 0) is 36.6 Å². The van der Waals surface area contributed by atoms with Gasteiger partial charge in [0.1, 0.15) is 5.70 Å². The molecule has 2 heterocycles. The maximum atomic E-state index is 12.7. The average Bonchev–Trinajstić information content (AvgIpc) is 3.13. The molecule has 130 valence electrons. The number of ether oxygens (including phenoxy) is 1. The highest BCUT2D eigenvalue weighted by Gasteiger charge is 2.19. The van der Waals surface area contributed by atoms with Crippen molar-refractivity contribution in [2.75, 3.05) is 13.2 Å². The lowest BCUT2D eigenvalue weighted by Gasteiger charge is -2.14. The average molecular weight is 359 g/mol. The monoisotopic (exact) mass is 358 g/mol. The molecule has 25 heavy (non-hydrogen) atoms. The number of nitrogens with one attached hydrogen (secondary N) is 1. The van der Waals surface area contributed by atoms with Crippen LogP contribution in [-0.2, 0) is 9.53 Å². The topological polar surface area (TPSA) is 60.3 Å². The molecule has 1 N–H and O–H groups in total. The predicted molar refractivity (Wildman–Crippen MR) is 98.3 cm³/mol. The molecule has 0 bridgehead atoms. The largest absolute Gasteiger partial charge is 0.376 e. The van der Waals surface area contributed by atoms with Gasteiger partial charge in [0.2, 0.25) is 0 Å². The van der Waals surface area contributed by atoms with Crippen molar-refractivity contribution < 1.29 is 9.53 Å². The van der Waals surface area contributed by atoms with Crippen LogP contribution in [0.3, 0.4) is 0 Å². The van der Waals surface area contributed by atoms with E-state index in [0.29, 0.717) is 17.1 Å². The van der Waals surface area contributed by atoms with Crippen molar-refractivity contribution in [3.63, 3.8) is 0 Å². The van der Waals surface area contributed by atoms with Gasteiger partial charge in [0.25, 0.3) is 11.5 Å². The third kappa shape index (κ3) is 4.38. The summed E-state index contributed by atoms with van der Waals surface area (Å²) >= 11 is 6.20. The summed E-state index contributed by atoms with van der Waals surface area (Å²) in [4.78, 5) is 24.9. The van der Waals surface area contributed by atoms with E-state index in [1.807, 2.05) is 12.1 Å². The van der Waals surface area contributed by atoms with Crippen LogP contribution in [0.25, 0.3) is 11.8 Å². The normalized spacial score (nSPS) is 17.5. The number of halogens is 1. The van der Waals surface area contributed by atoms with Crippen LogP contribution in [0.1, 0.15) is 18.4 Å². The Hall–Kier alpha value is -2.37. The Bertz CT molecular complexity index is 838. The molecule has 0 spiro atoms. The van der Waals surface area contributed by atoms with Gasteiger partial charge in [-0.1, -0.05) is 35.9 Å². The third-order valence-corrected chi connectivity index (χ3v) is 4.37. The van der Waals surface area contributed by atoms with Crippen molar-refractivity contribution >= 4 is 29.3 Å². The number of nitrogens with zero attached hydrogens (tertiary/aromatic N) is 1. The van der Waals surface area contributed by atoms with Gasteiger partial charge in [0.05, 0.1) is 6.10 Å². The summed E-state index contributed by atoms with van der Waals surface area (Å²) in [5, 5.41) is 3.37. The number of carbonyl (C=O) groups is 1. The molecule has 1 aromatic carbocycles. The van der Waals surface area contributed by atoms with Gasteiger partial charge in [0, 0.05) is 30.4 Å². The number of aromatic nitrogens is 1. The first-order chi connectivity index (χ1) is 12.1. The number of benzene rings is 1. The zero-order valence-electron chi connectivity index (χ0n) is 13.7. The minimum Gasteiger partial charge on any atom is -0.376 e. The van der Waals surface area contributed by atoms with E-state index in [4.69, 9.17) is 16.3 Å². The number of carbonyl (C=O) groups excluding carboxylic acids is 1. The zero-order chi connectivity index (χ0) is 17.6. The van der Waals surface area contributed by atoms with Crippen LogP contribution >= 0.6 is 11.6 Å². The second kappa shape index (κ2) is 8.14. The van der Waals surface area contributed by atoms with Crippen molar-refractivity contribution in [2.24, 2.45) is 0 Å². The Morgan fingerprint density at radius 1 is 1.28 bits per heavy atom. The van der Waals surface area contributed by atoms with Crippen molar-refractivity contribution in [1.82, 2.24) is 9.88 Å². The van der Waals surface area contributed by atoms with E-state index in [1.165, 1.54) is 10.6 Å². The van der Waals surface area contributed by atoms with E-state index >= 15 is 0 Å². The molecule has 3 rings (SSSR count). The van der Waals surface area contributed by atoms with Gasteiger partial charge in [-0.15, -0.1) is 0 Å². The first-order valence-corrected chi connectivity index (χ1v) is 8.57. The van der Waals surface area contributed by atoms with Gasteiger partial charge in [0.15, 0.2) is 0 Å². The fraction of sp³-hybridized carbons (Fsp3) is 0.263. The second-order valence-electron chi connectivity index (χ2n) is 5.81. The second-order valence-corrected chi connectivity index (χ2v) is 6.21. The first-order valence-electron chi connectivity index (χ1n) is 8.19. The van der Waals surface area contributed by atoms with Gasteiger partial charge >= 0.3 is 0 Å². The smallest absolute Gasteiger partial charge is 0.268 e. The van der Waals surface area contributed by atoms with Gasteiger partial charge in [-0.3, -0.25) is 14.2 Å². The van der Waals surface area contributed by atoms with Crippen LogP contribution in [0.4, 0.5) is 0 Å². The van der Waals surface area contributed by atoms with E-state index in [2.05, 4.69) is 5.32 Å². The molecular formula is C19H19ClN2O3. The lowest BCUT2D eigenvalue weighted by Crippen LogP contribution is -2.35. The molecule has 1 atom stereocenters. The van der Waals surface area contributed by atoms with E-state index < -0.39 is 0 Å². The van der Waals surface area contributed by atoms with E-state index in [1.54, 1.807) is 36.5 Å². The molecule has 1 aromatic heterocycles. The van der Waals surface area contributed by atoms with Crippen LogP contribution in [0.5, 0.6) is 0 Å². The Morgan fingerprint density at radius 3 is 2.80 bits per heavy atom. The highest BCUT2D eigenvalue weighted by Crippen LogP contribution is 2.20. The maximum Gasteiger partial charge on any atom is 0.268 e. The molecule has 1 aliphatic rings. The molecule has 1 saturated heterocycles. The summed E-state index contributed by atoms with van der Waals surface area (Å²) in [5.41, 5.74) is 0.604. The number of hydrogen-bond donors (Lipinski definition) is 1. The molecule has 0 saturated carbocycles. The summed E-state index contributed by atoms with van der Waals surface area (Å²) in [5.74, 6) is -0.344. The molecule has 6 heteroatoms. The molecule has 1 unspecified atom stereocenters. The number of hydrogen-bond acceptors (Lipinski definition) is 3. The van der Waals surface area contributed by atoms with Gasteiger partial charge < -0.3 is 10.1 Å². The molecule has 2 aromatic rings. The lowest BCUT2D eigenvalue weighted by molar-refractivity contribution is -0.116. The quantitative estimate of drug-likeness (QED) is 0.836. The summed E-state index contributed by atoms with van der Waals surface area (Å²) < 4.78 is 6.84. The minimum absolute atomic E-state index is 0.0259. The summed E-state index contributed by atoms with van der Waals surface area (Å²) in [6, 6.07) is 11.9. The van der Waals surface area contributed by atoms with Crippen LogP contribution in [0.2, 0.25) is 5.02 Å². The van der Waals surface area contributed by atoms with Crippen LogP contribution < -0.4 is 10.9 Å². The SMILES string of the molecule is O=C(NCC1CCCO1)/C(=C\c1ccccc1Cl)n1ccccc1=O. The molecule has 5 nitrogen and oxygen atoms in total. The Morgan fingerprint density at radius 2 is 2.08 bits per heavy atom. The number of pyridine rings is 1. The van der Waals surface area contributed by atoms with Crippen LogP contribution in [0, 0.1) is 0 Å². The first kappa shape index (κ1) is 17.5. The van der Waals surface area contributed by atoms with Crippen molar-refractivity contribution in [2.45, 2.75) is 18.9 Å². The van der Waals surface area contributed by atoms with Crippen LogP contribution in [0.15, 0.2) is 53.5 Å². The summed E-state index contributed by atoms with van der Waals surface area (Å²) in [6.07, 6.45) is 5.14. The predicted octanol–water partition coefficient (Wildman–Crippen LogP) is 2.80. The third-order valence-electron chi connectivity index (χ3n) is 4.03. The van der Waals surface area contributed by atoms with Gasteiger partial charge in [-0.2, -0.15) is 0 Å². The van der Waals surface area contributed by atoms with E-state index in [9.17, 15) is 9.59 Å². The van der Waals surface area contributed by atoms with Crippen molar-refractivity contribution in [3.05, 3.63) is 69.6 Å². The molecule has 1 fully saturated rings. The molecule has 0 radical (unpaired) electrons. The van der Waals surface area contributed by atoms with Gasteiger partial charge in [-0.25, -0.2) is 0 Å². The molecular weight excluding hydrogens is 340 g/mol. The minimum atomic E-state index is -0.344. The van der Waals surface area contributed by atoms with E-state index in [-0.39, 0.29) is 23.3 Å². The lowest BCUT2D eigenvalue weighted by atomic mass is 10.1. The highest BCUT2D eigenvalue weighted by atomic mass is 35.5. The Labute approximate surface area is 150 Å². The van der Waals surface area contributed by atoms with Crippen LogP contribution in [-0.4, -0.2) is 29.7 Å². The van der Waals surface area contributed by atoms with Crippen molar-refractivity contribution in [3.8, 4) is 0 Å². The maximum absolute atomic E-state index is 12.7. The summed E-state index contributed by atoms with van der Waals surface area (Å²) in [7, 11) is 0. The summed E-state index contributed by atoms with van der Waals surface area (Å²) in [6.45, 7) is 1.14. The zero-order valence-corrected chi connectivity index (χ0v) is 14.4. The highest BCUT2D eigenvalue weighted by molar-refractivity contribution is 6.32. The molecule has 0 aliphatic carbocycles. The van der Waals surface area contributed by atoms with Crippen molar-refractivity contribution in [1.29, 1.82) is 0 Å². The molecule has 1 aliphatic heterocycles. The number of amides is 1. The number of rotatable bonds is 5. The fourth-order valence-corrected chi connectivity index (χ4v) is 2.90. The van der Waals surface area contributed by atoms with E-state index in [0.717, 1.165) is 19.4 Å². The Kier molecular flexibility index (Phi) is 5.68. The standard InChI is InChI=1S/C19H19ClN2O3/c20-16-8-2-1-6-14(16)12-17(22-10-4-3-9-18(22)23)19(24)21-13-15-7-5-11-25-15/h1-4,6,8-10,12,15H,5,7,11,13H2,(H,21,24)/b17-12+. The molecule has 1 amide bonds. The Balaban J connectivity index is 1.91. The fourth-order valence-electron chi connectivity index (χ4n) is 2.71.